The molecule has 1 aromatic rings. The van der Waals surface area contributed by atoms with Crippen LogP contribution in [0.15, 0.2) is 29.2 Å². The quantitative estimate of drug-likeness (QED) is 0.834. The first-order valence-electron chi connectivity index (χ1n) is 9.99. The molecule has 1 atom stereocenters. The largest absolute Gasteiger partial charge is 0.339 e. The lowest BCUT2D eigenvalue weighted by Gasteiger charge is -2.33. The van der Waals surface area contributed by atoms with Crippen LogP contribution in [-0.2, 0) is 10.0 Å². The van der Waals surface area contributed by atoms with E-state index in [2.05, 4.69) is 5.32 Å². The number of piperidine rings is 2. The van der Waals surface area contributed by atoms with Crippen molar-refractivity contribution in [3.05, 3.63) is 29.8 Å². The summed E-state index contributed by atoms with van der Waals surface area (Å²) < 4.78 is 27.7. The number of nitrogens with zero attached hydrogens (tertiary/aromatic N) is 2. The van der Waals surface area contributed by atoms with Gasteiger partial charge in [-0.25, -0.2) is 8.42 Å². The Morgan fingerprint density at radius 3 is 2.56 bits per heavy atom. The van der Waals surface area contributed by atoms with Crippen LogP contribution in [0.25, 0.3) is 0 Å². The molecule has 0 aliphatic carbocycles. The molecule has 0 bridgehead atoms. The van der Waals surface area contributed by atoms with Crippen molar-refractivity contribution >= 4 is 15.9 Å². The van der Waals surface area contributed by atoms with Crippen molar-refractivity contribution in [2.45, 2.75) is 50.0 Å². The molecule has 3 rings (SSSR count). The van der Waals surface area contributed by atoms with Gasteiger partial charge < -0.3 is 10.2 Å². The van der Waals surface area contributed by atoms with Crippen molar-refractivity contribution in [3.8, 4) is 0 Å². The van der Waals surface area contributed by atoms with E-state index in [1.165, 1.54) is 0 Å². The zero-order valence-electron chi connectivity index (χ0n) is 16.4. The molecule has 0 radical (unpaired) electrons. The third-order valence-electron chi connectivity index (χ3n) is 5.82. The van der Waals surface area contributed by atoms with E-state index in [9.17, 15) is 13.2 Å². The molecule has 27 heavy (non-hydrogen) atoms. The molecule has 0 aromatic heterocycles. The molecule has 2 saturated heterocycles. The molecular formula is C20H31N3O3S. The molecule has 1 amide bonds. The zero-order valence-corrected chi connectivity index (χ0v) is 17.2. The Morgan fingerprint density at radius 1 is 1.15 bits per heavy atom. The molecule has 1 aromatic carbocycles. The highest BCUT2D eigenvalue weighted by Gasteiger charge is 2.31. The summed E-state index contributed by atoms with van der Waals surface area (Å²) in [6.07, 6.45) is 4.81. The Morgan fingerprint density at radius 2 is 1.89 bits per heavy atom. The van der Waals surface area contributed by atoms with E-state index < -0.39 is 10.0 Å². The average molecular weight is 394 g/mol. The van der Waals surface area contributed by atoms with E-state index in [0.29, 0.717) is 18.0 Å². The summed E-state index contributed by atoms with van der Waals surface area (Å²) in [5.41, 5.74) is 0.466. The van der Waals surface area contributed by atoms with Crippen molar-refractivity contribution in [1.82, 2.24) is 14.5 Å². The molecule has 2 fully saturated rings. The minimum Gasteiger partial charge on any atom is -0.339 e. The smallest absolute Gasteiger partial charge is 0.253 e. The summed E-state index contributed by atoms with van der Waals surface area (Å²) in [6, 6.07) is 6.57. The Hall–Kier alpha value is -1.44. The van der Waals surface area contributed by atoms with Crippen molar-refractivity contribution in [2.75, 3.05) is 33.2 Å². The highest BCUT2D eigenvalue weighted by molar-refractivity contribution is 7.89. The summed E-state index contributed by atoms with van der Waals surface area (Å²) in [7, 11) is -1.61. The fraction of sp³-hybridized carbons (Fsp3) is 0.650. The van der Waals surface area contributed by atoms with Gasteiger partial charge in [-0.2, -0.15) is 4.31 Å². The van der Waals surface area contributed by atoms with Gasteiger partial charge in [-0.05, 0) is 70.3 Å². The maximum absolute atomic E-state index is 13.1. The first-order valence-corrected chi connectivity index (χ1v) is 11.4. The van der Waals surface area contributed by atoms with Crippen LogP contribution in [0.2, 0.25) is 0 Å². The number of nitrogens with one attached hydrogen (secondary N) is 1. The highest BCUT2D eigenvalue weighted by atomic mass is 32.2. The summed E-state index contributed by atoms with van der Waals surface area (Å²) in [5.74, 6) is 0.535. The maximum Gasteiger partial charge on any atom is 0.253 e. The van der Waals surface area contributed by atoms with Crippen molar-refractivity contribution < 1.29 is 13.2 Å². The lowest BCUT2D eigenvalue weighted by molar-refractivity contribution is 0.0690. The molecule has 7 heteroatoms. The molecule has 2 aliphatic rings. The van der Waals surface area contributed by atoms with E-state index in [1.807, 2.05) is 18.9 Å². The number of carbonyl (C=O) groups is 1. The molecule has 6 nitrogen and oxygen atoms in total. The Bertz CT molecular complexity index is 757. The van der Waals surface area contributed by atoms with Crippen LogP contribution in [0.4, 0.5) is 0 Å². The van der Waals surface area contributed by atoms with Crippen molar-refractivity contribution in [3.63, 3.8) is 0 Å². The zero-order chi connectivity index (χ0) is 19.4. The Kier molecular flexibility index (Phi) is 6.55. The van der Waals surface area contributed by atoms with Gasteiger partial charge >= 0.3 is 0 Å². The summed E-state index contributed by atoms with van der Waals surface area (Å²) in [4.78, 5) is 15.0. The van der Waals surface area contributed by atoms with E-state index in [0.717, 1.165) is 51.7 Å². The van der Waals surface area contributed by atoms with Gasteiger partial charge in [0.15, 0.2) is 0 Å². The topological polar surface area (TPSA) is 69.7 Å². The molecule has 1 N–H and O–H groups in total. The van der Waals surface area contributed by atoms with Crippen LogP contribution in [0.3, 0.4) is 0 Å². The second kappa shape index (κ2) is 8.71. The van der Waals surface area contributed by atoms with Gasteiger partial charge in [0.25, 0.3) is 5.91 Å². The Labute approximate surface area is 163 Å². The number of carbonyl (C=O) groups excluding carboxylic acids is 1. The molecule has 0 spiro atoms. The Balaban J connectivity index is 1.74. The summed E-state index contributed by atoms with van der Waals surface area (Å²) in [6.45, 7) is 4.95. The predicted octanol–water partition coefficient (Wildman–Crippen LogP) is 2.32. The molecule has 0 saturated carbocycles. The number of rotatable bonds is 5. The fourth-order valence-corrected chi connectivity index (χ4v) is 5.91. The number of benzene rings is 1. The second-order valence-electron chi connectivity index (χ2n) is 7.78. The van der Waals surface area contributed by atoms with Crippen LogP contribution in [-0.4, -0.2) is 62.8 Å². The standard InChI is InChI=1S/C20H31N3O3S/c1-16-6-3-4-11-23(16)27(25,26)19-8-5-7-18(14-19)20(24)22-12-9-17(10-13-22)15-21-2/h5,7-8,14,16-17,21H,3-4,6,9-13,15H2,1-2H3. The van der Waals surface area contributed by atoms with Gasteiger partial charge in [-0.3, -0.25) is 4.79 Å². The summed E-state index contributed by atoms with van der Waals surface area (Å²) in [5, 5.41) is 3.20. The molecule has 2 heterocycles. The predicted molar refractivity (Wildman–Crippen MR) is 106 cm³/mol. The van der Waals surface area contributed by atoms with E-state index in [1.54, 1.807) is 28.6 Å². The van der Waals surface area contributed by atoms with E-state index in [4.69, 9.17) is 0 Å². The lowest BCUT2D eigenvalue weighted by Crippen LogP contribution is -2.42. The third kappa shape index (κ3) is 4.52. The second-order valence-corrected chi connectivity index (χ2v) is 9.67. The lowest BCUT2D eigenvalue weighted by atomic mass is 9.96. The number of likely N-dealkylation sites (tertiary alicyclic amines) is 1. The van der Waals surface area contributed by atoms with Crippen molar-refractivity contribution in [2.24, 2.45) is 5.92 Å². The van der Waals surface area contributed by atoms with Gasteiger partial charge in [0.05, 0.1) is 4.90 Å². The number of sulfonamides is 1. The molecular weight excluding hydrogens is 362 g/mol. The van der Waals surface area contributed by atoms with Gasteiger partial charge in [0.1, 0.15) is 0 Å². The average Bonchev–Trinajstić information content (AvgIpc) is 2.68. The van der Waals surface area contributed by atoms with Crippen LogP contribution >= 0.6 is 0 Å². The van der Waals surface area contributed by atoms with E-state index >= 15 is 0 Å². The number of hydrogen-bond donors (Lipinski definition) is 1. The normalized spacial score (nSPS) is 22.7. The van der Waals surface area contributed by atoms with Gasteiger partial charge in [0.2, 0.25) is 10.0 Å². The molecule has 1 unspecified atom stereocenters. The number of hydrogen-bond acceptors (Lipinski definition) is 4. The van der Waals surface area contributed by atoms with Gasteiger partial charge in [-0.15, -0.1) is 0 Å². The van der Waals surface area contributed by atoms with Crippen LogP contribution in [0.1, 0.15) is 49.4 Å². The van der Waals surface area contributed by atoms with Gasteiger partial charge in [0, 0.05) is 31.2 Å². The number of amides is 1. The van der Waals surface area contributed by atoms with Crippen molar-refractivity contribution in [1.29, 1.82) is 0 Å². The minimum absolute atomic E-state index is 0.00862. The fourth-order valence-electron chi connectivity index (χ4n) is 4.17. The maximum atomic E-state index is 13.1. The molecule has 2 aliphatic heterocycles. The SMILES string of the molecule is CNCC1CCN(C(=O)c2cccc(S(=O)(=O)N3CCCCC3C)c2)CC1. The van der Waals surface area contributed by atoms with E-state index in [-0.39, 0.29) is 16.8 Å². The first-order chi connectivity index (χ1) is 12.9. The minimum atomic E-state index is -3.56. The van der Waals surface area contributed by atoms with Crippen LogP contribution in [0, 0.1) is 5.92 Å². The van der Waals surface area contributed by atoms with Gasteiger partial charge in [-0.1, -0.05) is 12.5 Å². The highest BCUT2D eigenvalue weighted by Crippen LogP contribution is 2.26. The van der Waals surface area contributed by atoms with Crippen LogP contribution in [0.5, 0.6) is 0 Å². The summed E-state index contributed by atoms with van der Waals surface area (Å²) >= 11 is 0. The van der Waals surface area contributed by atoms with Crippen LogP contribution < -0.4 is 5.32 Å². The third-order valence-corrected chi connectivity index (χ3v) is 7.83. The first kappa shape index (κ1) is 20.3. The monoisotopic (exact) mass is 393 g/mol. The molecule has 150 valence electrons.